The predicted molar refractivity (Wildman–Crippen MR) is 89.3 cm³/mol. The maximum absolute atomic E-state index is 13.1. The van der Waals surface area contributed by atoms with Gasteiger partial charge in [-0.3, -0.25) is 14.7 Å². The van der Waals surface area contributed by atoms with Crippen LogP contribution < -0.4 is 0 Å². The summed E-state index contributed by atoms with van der Waals surface area (Å²) in [6.07, 6.45) is 0. The molecule has 8 heteroatoms. The maximum Gasteiger partial charge on any atom is 0.256 e. The lowest BCUT2D eigenvalue weighted by Gasteiger charge is -2.25. The predicted octanol–water partition coefficient (Wildman–Crippen LogP) is 1.18. The number of H-pyrrole nitrogens is 1. The highest BCUT2D eigenvalue weighted by Crippen LogP contribution is 2.27. The van der Waals surface area contributed by atoms with Crippen LogP contribution in [-0.2, 0) is 4.79 Å². The van der Waals surface area contributed by atoms with Crippen molar-refractivity contribution in [3.05, 3.63) is 23.0 Å². The van der Waals surface area contributed by atoms with Crippen molar-refractivity contribution < 1.29 is 9.59 Å². The Balaban J connectivity index is 2.03. The summed E-state index contributed by atoms with van der Waals surface area (Å²) < 4.78 is 0. The third-order valence-corrected chi connectivity index (χ3v) is 4.94. The number of amides is 2. The third kappa shape index (κ3) is 2.67. The molecule has 1 aliphatic rings. The molecule has 2 aromatic heterocycles. The Bertz CT molecular complexity index is 786. The fourth-order valence-electron chi connectivity index (χ4n) is 2.77. The first-order valence-electron chi connectivity index (χ1n) is 7.32. The topological polar surface area (TPSA) is 82.2 Å². The van der Waals surface area contributed by atoms with Crippen molar-refractivity contribution in [2.45, 2.75) is 19.9 Å². The fraction of sp³-hybridized carbons (Fsp3) is 0.467. The first-order valence-corrected chi connectivity index (χ1v) is 8.48. The first-order chi connectivity index (χ1) is 10.9. The number of rotatable bonds is 2. The molecule has 0 radical (unpaired) electrons. The number of aromatic amines is 1. The van der Waals surface area contributed by atoms with Crippen LogP contribution in [-0.4, -0.2) is 68.6 Å². The van der Waals surface area contributed by atoms with Gasteiger partial charge in [0.2, 0.25) is 5.91 Å². The zero-order valence-corrected chi connectivity index (χ0v) is 14.4. The van der Waals surface area contributed by atoms with E-state index in [0.717, 1.165) is 16.8 Å². The minimum Gasteiger partial charge on any atom is -0.347 e. The van der Waals surface area contributed by atoms with Gasteiger partial charge in [0, 0.05) is 31.2 Å². The number of carbonyl (C=O) groups excluding carboxylic acids is 2. The smallest absolute Gasteiger partial charge is 0.256 e. The van der Waals surface area contributed by atoms with E-state index in [2.05, 4.69) is 15.2 Å². The molecule has 0 bridgehead atoms. The summed E-state index contributed by atoms with van der Waals surface area (Å²) in [5.74, 6) is 0.952. The van der Waals surface area contributed by atoms with Crippen LogP contribution in [0.15, 0.2) is 6.07 Å². The van der Waals surface area contributed by atoms with Crippen LogP contribution in [0.5, 0.6) is 0 Å². The summed E-state index contributed by atoms with van der Waals surface area (Å²) in [5.41, 5.74) is 2.62. The van der Waals surface area contributed by atoms with Gasteiger partial charge in [-0.25, -0.2) is 4.98 Å². The summed E-state index contributed by atoms with van der Waals surface area (Å²) in [7, 11) is 3.42. The molecule has 3 heterocycles. The van der Waals surface area contributed by atoms with Gasteiger partial charge in [0.05, 0.1) is 16.8 Å². The lowest BCUT2D eigenvalue weighted by Crippen LogP contribution is -2.46. The molecule has 1 aliphatic heterocycles. The van der Waals surface area contributed by atoms with E-state index in [-0.39, 0.29) is 11.8 Å². The van der Waals surface area contributed by atoms with Crippen molar-refractivity contribution in [3.63, 3.8) is 0 Å². The lowest BCUT2D eigenvalue weighted by molar-refractivity contribution is -0.132. The van der Waals surface area contributed by atoms with Crippen LogP contribution in [0.3, 0.4) is 0 Å². The van der Waals surface area contributed by atoms with Crippen LogP contribution in [0.25, 0.3) is 11.0 Å². The molecule has 23 heavy (non-hydrogen) atoms. The summed E-state index contributed by atoms with van der Waals surface area (Å²) in [6.45, 7) is 3.70. The highest BCUT2D eigenvalue weighted by atomic mass is 32.2. The van der Waals surface area contributed by atoms with Gasteiger partial charge in [-0.2, -0.15) is 5.10 Å². The molecule has 0 aliphatic carbocycles. The van der Waals surface area contributed by atoms with Gasteiger partial charge in [-0.1, -0.05) is 0 Å². The first kappa shape index (κ1) is 15.8. The average molecular weight is 333 g/mol. The van der Waals surface area contributed by atoms with E-state index in [1.54, 1.807) is 36.8 Å². The van der Waals surface area contributed by atoms with Crippen LogP contribution in [0.2, 0.25) is 0 Å². The van der Waals surface area contributed by atoms with Crippen LogP contribution in [0, 0.1) is 13.8 Å². The summed E-state index contributed by atoms with van der Waals surface area (Å²) in [4.78, 5) is 32.9. The van der Waals surface area contributed by atoms with E-state index >= 15 is 0 Å². The number of nitrogens with one attached hydrogen (secondary N) is 1. The Kier molecular flexibility index (Phi) is 4.01. The molecule has 1 N–H and O–H groups in total. The standard InChI is InChI=1S/C15H19N5O2S/c1-8-5-10(12-9(2)17-18-13(12)16-8)14(21)20-7-23-6-11(20)15(22)19(3)4/h5,11H,6-7H2,1-4H3,(H,16,17,18). The largest absolute Gasteiger partial charge is 0.347 e. The SMILES string of the molecule is Cc1cc(C(=O)N2CSCC2C(=O)N(C)C)c2c(C)[nH]nc2n1. The highest BCUT2D eigenvalue weighted by Gasteiger charge is 2.36. The third-order valence-electron chi connectivity index (χ3n) is 3.93. The van der Waals surface area contributed by atoms with Crippen molar-refractivity contribution in [3.8, 4) is 0 Å². The van der Waals surface area contributed by atoms with E-state index in [9.17, 15) is 9.59 Å². The fourth-order valence-corrected chi connectivity index (χ4v) is 3.91. The van der Waals surface area contributed by atoms with Crippen molar-refractivity contribution in [2.24, 2.45) is 0 Å². The molecule has 2 amide bonds. The van der Waals surface area contributed by atoms with Gasteiger partial charge in [-0.15, -0.1) is 11.8 Å². The zero-order chi connectivity index (χ0) is 16.7. The lowest BCUT2D eigenvalue weighted by atomic mass is 10.1. The molecule has 0 saturated carbocycles. The van der Waals surface area contributed by atoms with Gasteiger partial charge in [0.25, 0.3) is 5.91 Å². The molecule has 122 valence electrons. The highest BCUT2D eigenvalue weighted by molar-refractivity contribution is 7.99. The summed E-state index contributed by atoms with van der Waals surface area (Å²) >= 11 is 1.59. The Morgan fingerprint density at radius 3 is 2.83 bits per heavy atom. The number of likely N-dealkylation sites (N-methyl/N-ethyl adjacent to an activating group) is 1. The van der Waals surface area contributed by atoms with E-state index in [1.807, 2.05) is 13.8 Å². The zero-order valence-electron chi connectivity index (χ0n) is 13.6. The number of carbonyl (C=O) groups is 2. The molecule has 0 spiro atoms. The molecule has 2 aromatic rings. The molecule has 0 aromatic carbocycles. The second-order valence-corrected chi connectivity index (χ2v) is 6.88. The number of aromatic nitrogens is 3. The molecule has 1 fully saturated rings. The number of nitrogens with zero attached hydrogens (tertiary/aromatic N) is 4. The quantitative estimate of drug-likeness (QED) is 0.892. The minimum absolute atomic E-state index is 0.0470. The number of fused-ring (bicyclic) bond motifs is 1. The number of aryl methyl sites for hydroxylation is 2. The van der Waals surface area contributed by atoms with E-state index in [0.29, 0.717) is 22.8 Å². The molecular formula is C15H19N5O2S. The Morgan fingerprint density at radius 1 is 1.39 bits per heavy atom. The molecule has 7 nitrogen and oxygen atoms in total. The Labute approximate surface area is 138 Å². The van der Waals surface area contributed by atoms with Crippen molar-refractivity contribution >= 4 is 34.6 Å². The van der Waals surface area contributed by atoms with Gasteiger partial charge >= 0.3 is 0 Å². The molecule has 1 saturated heterocycles. The molecule has 1 atom stereocenters. The second-order valence-electron chi connectivity index (χ2n) is 5.88. The average Bonchev–Trinajstić information content (AvgIpc) is 3.12. The Morgan fingerprint density at radius 2 is 2.13 bits per heavy atom. The van der Waals surface area contributed by atoms with Crippen molar-refractivity contribution in [1.29, 1.82) is 0 Å². The number of hydrogen-bond donors (Lipinski definition) is 1. The summed E-state index contributed by atoms with van der Waals surface area (Å²) in [5, 5.41) is 7.75. The van der Waals surface area contributed by atoms with E-state index < -0.39 is 6.04 Å². The monoisotopic (exact) mass is 333 g/mol. The summed E-state index contributed by atoms with van der Waals surface area (Å²) in [6, 6.07) is 1.35. The van der Waals surface area contributed by atoms with Gasteiger partial charge in [0.1, 0.15) is 6.04 Å². The van der Waals surface area contributed by atoms with E-state index in [1.165, 1.54) is 4.90 Å². The van der Waals surface area contributed by atoms with Crippen LogP contribution in [0.4, 0.5) is 0 Å². The second kappa shape index (κ2) is 5.84. The van der Waals surface area contributed by atoms with Crippen molar-refractivity contribution in [2.75, 3.05) is 25.7 Å². The van der Waals surface area contributed by atoms with Crippen LogP contribution >= 0.6 is 11.8 Å². The Hall–Kier alpha value is -2.09. The molecule has 3 rings (SSSR count). The maximum atomic E-state index is 13.1. The van der Waals surface area contributed by atoms with Crippen molar-refractivity contribution in [1.82, 2.24) is 25.0 Å². The number of thioether (sulfide) groups is 1. The van der Waals surface area contributed by atoms with Gasteiger partial charge < -0.3 is 9.80 Å². The normalized spacial score (nSPS) is 17.7. The van der Waals surface area contributed by atoms with Gasteiger partial charge in [0.15, 0.2) is 5.65 Å². The minimum atomic E-state index is -0.418. The van der Waals surface area contributed by atoms with E-state index in [4.69, 9.17) is 0 Å². The van der Waals surface area contributed by atoms with Crippen LogP contribution in [0.1, 0.15) is 21.7 Å². The molecule has 1 unspecified atom stereocenters. The molecular weight excluding hydrogens is 314 g/mol. The number of hydrogen-bond acceptors (Lipinski definition) is 5. The number of pyridine rings is 1. The van der Waals surface area contributed by atoms with Gasteiger partial charge in [-0.05, 0) is 19.9 Å².